The molecule has 0 radical (unpaired) electrons. The Balaban J connectivity index is 1.66. The molecule has 0 aromatic heterocycles. The Morgan fingerprint density at radius 3 is 2.50 bits per heavy atom. The van der Waals surface area contributed by atoms with E-state index in [2.05, 4.69) is 22.8 Å². The van der Waals surface area contributed by atoms with Crippen molar-refractivity contribution >= 4 is 34.8 Å². The Bertz CT molecular complexity index is 945. The Labute approximate surface area is 167 Å². The monoisotopic (exact) mass is 401 g/mol. The molecule has 1 atom stereocenters. The second-order valence-corrected chi connectivity index (χ2v) is 7.21. The number of hydrogen-bond acceptors (Lipinski definition) is 4. The van der Waals surface area contributed by atoms with Gasteiger partial charge in [0.25, 0.3) is 5.69 Å². The highest BCUT2D eigenvalue weighted by molar-refractivity contribution is 6.41. The smallest absolute Gasteiger partial charge is 0.313 e. The lowest BCUT2D eigenvalue weighted by molar-refractivity contribution is -0.384. The molecule has 0 saturated carbocycles. The lowest BCUT2D eigenvalue weighted by Gasteiger charge is -2.20. The average molecular weight is 402 g/mol. The van der Waals surface area contributed by atoms with Gasteiger partial charge in [0.2, 0.25) is 0 Å². The minimum Gasteiger partial charge on any atom is -0.341 e. The van der Waals surface area contributed by atoms with Crippen LogP contribution in [0.5, 0.6) is 0 Å². The third kappa shape index (κ3) is 4.48. The van der Waals surface area contributed by atoms with E-state index in [1.807, 2.05) is 6.07 Å². The number of rotatable bonds is 4. The van der Waals surface area contributed by atoms with Crippen molar-refractivity contribution in [3.05, 3.63) is 68.2 Å². The topological polar surface area (TPSA) is 101 Å². The summed E-state index contributed by atoms with van der Waals surface area (Å²) >= 11 is 5.95. The summed E-state index contributed by atoms with van der Waals surface area (Å²) in [5.74, 6) is -1.78. The van der Waals surface area contributed by atoms with Gasteiger partial charge in [-0.3, -0.25) is 19.7 Å². The summed E-state index contributed by atoms with van der Waals surface area (Å²) in [5.41, 5.74) is 3.33. The summed E-state index contributed by atoms with van der Waals surface area (Å²) in [6, 6.07) is 9.39. The van der Waals surface area contributed by atoms with Crippen LogP contribution in [-0.2, 0) is 22.4 Å². The Hall–Kier alpha value is -2.93. The van der Waals surface area contributed by atoms with Gasteiger partial charge in [-0.1, -0.05) is 29.8 Å². The van der Waals surface area contributed by atoms with Gasteiger partial charge in [0.1, 0.15) is 0 Å². The number of non-ortho nitro benzene ring substituents is 1. The van der Waals surface area contributed by atoms with Crippen molar-refractivity contribution in [1.29, 1.82) is 0 Å². The summed E-state index contributed by atoms with van der Waals surface area (Å²) in [6.45, 7) is 1.80. The first kappa shape index (κ1) is 19.8. The molecule has 28 heavy (non-hydrogen) atoms. The number of aryl methyl sites for hydroxylation is 2. The number of fused-ring (bicyclic) bond motifs is 1. The summed E-state index contributed by atoms with van der Waals surface area (Å²) in [4.78, 5) is 34.7. The molecule has 0 heterocycles. The van der Waals surface area contributed by atoms with Gasteiger partial charge in [0.05, 0.1) is 21.7 Å². The number of halogens is 1. The number of nitro benzene ring substituents is 1. The number of carbonyl (C=O) groups is 2. The molecule has 3 rings (SSSR count). The van der Waals surface area contributed by atoms with E-state index in [1.165, 1.54) is 29.7 Å². The van der Waals surface area contributed by atoms with Gasteiger partial charge in [-0.15, -0.1) is 0 Å². The van der Waals surface area contributed by atoms with Gasteiger partial charge in [0, 0.05) is 12.1 Å². The van der Waals surface area contributed by atoms with Gasteiger partial charge in [0.15, 0.2) is 0 Å². The molecule has 2 aromatic carbocycles. The molecular weight excluding hydrogens is 382 g/mol. The van der Waals surface area contributed by atoms with Crippen LogP contribution >= 0.6 is 11.6 Å². The fourth-order valence-corrected chi connectivity index (χ4v) is 3.43. The van der Waals surface area contributed by atoms with E-state index in [-0.39, 0.29) is 22.4 Å². The number of amides is 2. The number of benzene rings is 2. The number of carbonyl (C=O) groups excluding carboxylic acids is 2. The Morgan fingerprint density at radius 1 is 1.07 bits per heavy atom. The van der Waals surface area contributed by atoms with Gasteiger partial charge >= 0.3 is 11.8 Å². The second-order valence-electron chi connectivity index (χ2n) is 6.81. The molecule has 2 aromatic rings. The maximum absolute atomic E-state index is 12.2. The van der Waals surface area contributed by atoms with Gasteiger partial charge in [-0.2, -0.15) is 0 Å². The van der Waals surface area contributed by atoms with E-state index < -0.39 is 16.7 Å². The fraction of sp³-hybridized carbons (Fsp3) is 0.300. The lowest BCUT2D eigenvalue weighted by Crippen LogP contribution is -2.37. The molecule has 1 unspecified atom stereocenters. The number of nitrogens with zero attached hydrogens (tertiary/aromatic N) is 1. The first-order valence-corrected chi connectivity index (χ1v) is 9.40. The SMILES string of the molecule is CC(NC(=O)C(=O)Nc1cc([N+](=O)[O-])ccc1Cl)c1ccc2c(c1)CCCC2. The maximum atomic E-state index is 12.2. The van der Waals surface area contributed by atoms with Crippen molar-refractivity contribution in [2.45, 2.75) is 38.6 Å². The van der Waals surface area contributed by atoms with Crippen molar-refractivity contribution in [3.63, 3.8) is 0 Å². The van der Waals surface area contributed by atoms with Gasteiger partial charge in [-0.25, -0.2) is 0 Å². The standard InChI is InChI=1S/C20H20ClN3O4/c1-12(14-7-6-13-4-2-3-5-15(13)10-14)22-19(25)20(26)23-18-11-16(24(27)28)8-9-17(18)21/h6-12H,2-5H2,1H3,(H,22,25)(H,23,26). The highest BCUT2D eigenvalue weighted by Crippen LogP contribution is 2.27. The molecule has 2 N–H and O–H groups in total. The van der Waals surface area contributed by atoms with Crippen LogP contribution in [0.3, 0.4) is 0 Å². The molecule has 0 saturated heterocycles. The quantitative estimate of drug-likeness (QED) is 0.460. The number of anilines is 1. The van der Waals surface area contributed by atoms with Crippen LogP contribution in [0.2, 0.25) is 5.02 Å². The van der Waals surface area contributed by atoms with Crippen molar-refractivity contribution in [1.82, 2.24) is 5.32 Å². The molecule has 0 spiro atoms. The summed E-state index contributed by atoms with van der Waals surface area (Å²) in [7, 11) is 0. The fourth-order valence-electron chi connectivity index (χ4n) is 3.27. The molecule has 1 aliphatic carbocycles. The van der Waals surface area contributed by atoms with Crippen LogP contribution < -0.4 is 10.6 Å². The third-order valence-corrected chi connectivity index (χ3v) is 5.16. The molecule has 0 fully saturated rings. The predicted octanol–water partition coefficient (Wildman–Crippen LogP) is 3.94. The van der Waals surface area contributed by atoms with Gasteiger partial charge < -0.3 is 10.6 Å². The van der Waals surface area contributed by atoms with E-state index in [9.17, 15) is 19.7 Å². The first-order valence-electron chi connectivity index (χ1n) is 9.02. The van der Waals surface area contributed by atoms with Crippen molar-refractivity contribution < 1.29 is 14.5 Å². The van der Waals surface area contributed by atoms with Crippen LogP contribution in [-0.4, -0.2) is 16.7 Å². The minimum atomic E-state index is -0.938. The van der Waals surface area contributed by atoms with Crippen molar-refractivity contribution in [2.24, 2.45) is 0 Å². The molecule has 7 nitrogen and oxygen atoms in total. The number of hydrogen-bond donors (Lipinski definition) is 2. The van der Waals surface area contributed by atoms with Crippen LogP contribution in [0.15, 0.2) is 36.4 Å². The van der Waals surface area contributed by atoms with E-state index in [0.29, 0.717) is 0 Å². The maximum Gasteiger partial charge on any atom is 0.313 e. The van der Waals surface area contributed by atoms with Crippen LogP contribution in [0.25, 0.3) is 0 Å². The van der Waals surface area contributed by atoms with E-state index in [4.69, 9.17) is 11.6 Å². The lowest BCUT2D eigenvalue weighted by atomic mass is 9.89. The molecule has 146 valence electrons. The largest absolute Gasteiger partial charge is 0.341 e. The average Bonchev–Trinajstić information content (AvgIpc) is 2.68. The molecule has 0 aliphatic heterocycles. The predicted molar refractivity (Wildman–Crippen MR) is 106 cm³/mol. The van der Waals surface area contributed by atoms with E-state index in [1.54, 1.807) is 6.92 Å². The minimum absolute atomic E-state index is 0.0115. The molecule has 2 amide bonds. The Morgan fingerprint density at radius 2 is 1.79 bits per heavy atom. The van der Waals surface area contributed by atoms with Crippen LogP contribution in [0.1, 0.15) is 42.5 Å². The second kappa shape index (κ2) is 8.39. The molecular formula is C20H20ClN3O4. The molecule has 0 bridgehead atoms. The molecule has 1 aliphatic rings. The van der Waals surface area contributed by atoms with Crippen LogP contribution in [0, 0.1) is 10.1 Å². The Kier molecular flexibility index (Phi) is 5.94. The number of nitro groups is 1. The van der Waals surface area contributed by atoms with Gasteiger partial charge in [-0.05, 0) is 55.4 Å². The van der Waals surface area contributed by atoms with Crippen LogP contribution in [0.4, 0.5) is 11.4 Å². The zero-order chi connectivity index (χ0) is 20.3. The van der Waals surface area contributed by atoms with Crippen molar-refractivity contribution in [2.75, 3.05) is 5.32 Å². The zero-order valence-electron chi connectivity index (χ0n) is 15.3. The first-order chi connectivity index (χ1) is 13.3. The normalized spacial score (nSPS) is 13.9. The highest BCUT2D eigenvalue weighted by Gasteiger charge is 2.20. The summed E-state index contributed by atoms with van der Waals surface area (Å²) in [5, 5.41) is 15.9. The number of nitrogens with one attached hydrogen (secondary N) is 2. The highest BCUT2D eigenvalue weighted by atomic mass is 35.5. The van der Waals surface area contributed by atoms with E-state index >= 15 is 0 Å². The third-order valence-electron chi connectivity index (χ3n) is 4.84. The summed E-state index contributed by atoms with van der Waals surface area (Å²) in [6.07, 6.45) is 4.45. The van der Waals surface area contributed by atoms with E-state index in [0.717, 1.165) is 30.9 Å². The zero-order valence-corrected chi connectivity index (χ0v) is 16.1. The summed E-state index contributed by atoms with van der Waals surface area (Å²) < 4.78 is 0. The van der Waals surface area contributed by atoms with Crippen molar-refractivity contribution in [3.8, 4) is 0 Å². The molecule has 8 heteroatoms.